The molecule has 7 atom stereocenters. The maximum Gasteiger partial charge on any atom is 0.397 e. The molecule has 0 aliphatic carbocycles. The number of nitrogens with one attached hydrogen (secondary N) is 1. The molecule has 1 aliphatic rings. The molecule has 0 spiro atoms. The summed E-state index contributed by atoms with van der Waals surface area (Å²) in [7, 11) is -5.09. The molecule has 0 aromatic rings. The number of unbranched alkanes of at least 4 members (excludes halogenated alkanes) is 44. The van der Waals surface area contributed by atoms with Crippen LogP contribution in [0.2, 0.25) is 0 Å². The molecule has 0 saturated carbocycles. The minimum atomic E-state index is -5.09. The second-order valence-electron chi connectivity index (χ2n) is 23.1. The summed E-state index contributed by atoms with van der Waals surface area (Å²) in [5.41, 5.74) is 0. The van der Waals surface area contributed by atoms with Gasteiger partial charge in [0.2, 0.25) is 5.91 Å². The summed E-state index contributed by atoms with van der Waals surface area (Å²) in [6, 6.07) is -0.943. The van der Waals surface area contributed by atoms with Crippen LogP contribution in [0, 0.1) is 0 Å². The number of rotatable bonds is 58. The molecule has 1 rings (SSSR count). The highest BCUT2D eigenvalue weighted by molar-refractivity contribution is 7.80. The predicted octanol–water partition coefficient (Wildman–Crippen LogP) is 16.4. The van der Waals surface area contributed by atoms with E-state index in [0.717, 1.165) is 38.5 Å². The number of hydrogen-bond donors (Lipinski definition) is 6. The highest BCUT2D eigenvalue weighted by Crippen LogP contribution is 2.26. The maximum absolute atomic E-state index is 13.2. The van der Waals surface area contributed by atoms with Crippen molar-refractivity contribution in [2.75, 3.05) is 13.2 Å². The molecular formula is C64H123NO11S. The first-order valence-corrected chi connectivity index (χ1v) is 34.1. The third kappa shape index (κ3) is 45.8. The van der Waals surface area contributed by atoms with Gasteiger partial charge >= 0.3 is 10.4 Å². The summed E-state index contributed by atoms with van der Waals surface area (Å²) in [6.45, 7) is 3.45. The maximum atomic E-state index is 13.2. The molecule has 0 radical (unpaired) electrons. The van der Waals surface area contributed by atoms with Gasteiger partial charge in [-0.05, 0) is 44.9 Å². The number of amides is 1. The van der Waals surface area contributed by atoms with Gasteiger partial charge in [0.05, 0.1) is 25.4 Å². The highest BCUT2D eigenvalue weighted by atomic mass is 32.3. The van der Waals surface area contributed by atoms with Crippen molar-refractivity contribution in [1.82, 2.24) is 5.32 Å². The molecule has 77 heavy (non-hydrogen) atoms. The molecule has 6 N–H and O–H groups in total. The van der Waals surface area contributed by atoms with E-state index in [2.05, 4.69) is 35.5 Å². The normalized spacial score (nSPS) is 19.0. The van der Waals surface area contributed by atoms with E-state index in [1.54, 1.807) is 6.08 Å². The van der Waals surface area contributed by atoms with E-state index in [4.69, 9.17) is 9.47 Å². The van der Waals surface area contributed by atoms with Crippen molar-refractivity contribution >= 4 is 16.3 Å². The highest BCUT2D eigenvalue weighted by Gasteiger charge is 2.48. The zero-order valence-electron chi connectivity index (χ0n) is 49.8. The van der Waals surface area contributed by atoms with Gasteiger partial charge in [-0.2, -0.15) is 8.42 Å². The van der Waals surface area contributed by atoms with Crippen molar-refractivity contribution in [2.45, 2.75) is 365 Å². The quantitative estimate of drug-likeness (QED) is 0.0193. The Bertz CT molecular complexity index is 1450. The molecule has 1 aliphatic heterocycles. The number of aliphatic hydroxyl groups excluding tert-OH is 4. The summed E-state index contributed by atoms with van der Waals surface area (Å²) in [4.78, 5) is 13.2. The summed E-state index contributed by atoms with van der Waals surface area (Å²) in [6.07, 6.45) is 59.6. The lowest BCUT2D eigenvalue weighted by Gasteiger charge is -2.41. The first kappa shape index (κ1) is 73.6. The molecule has 1 amide bonds. The van der Waals surface area contributed by atoms with Crippen molar-refractivity contribution in [3.63, 3.8) is 0 Å². The van der Waals surface area contributed by atoms with Crippen LogP contribution in [-0.4, -0.2) is 95.4 Å². The summed E-state index contributed by atoms with van der Waals surface area (Å²) < 4.78 is 47.9. The first-order valence-electron chi connectivity index (χ1n) is 32.7. The first-order chi connectivity index (χ1) is 37.5. The Balaban J connectivity index is 2.26. The minimum absolute atomic E-state index is 0.256. The molecule has 1 fully saturated rings. The monoisotopic (exact) mass is 1110 g/mol. The van der Waals surface area contributed by atoms with Gasteiger partial charge < -0.3 is 35.2 Å². The number of ether oxygens (including phenoxy) is 2. The molecule has 13 heteroatoms. The van der Waals surface area contributed by atoms with Gasteiger partial charge in [-0.1, -0.05) is 295 Å². The van der Waals surface area contributed by atoms with Crippen LogP contribution in [0.5, 0.6) is 0 Å². The van der Waals surface area contributed by atoms with Crippen molar-refractivity contribution < 1.29 is 51.8 Å². The lowest BCUT2D eigenvalue weighted by molar-refractivity contribution is -0.298. The minimum Gasteiger partial charge on any atom is -0.394 e. The van der Waals surface area contributed by atoms with Crippen LogP contribution in [0.15, 0.2) is 24.3 Å². The third-order valence-electron chi connectivity index (χ3n) is 15.7. The topological polar surface area (TPSA) is 192 Å². The number of carbonyl (C=O) groups excluding carboxylic acids is 1. The van der Waals surface area contributed by atoms with E-state index in [-0.39, 0.29) is 18.9 Å². The van der Waals surface area contributed by atoms with Crippen molar-refractivity contribution in [2.24, 2.45) is 0 Å². The van der Waals surface area contributed by atoms with Gasteiger partial charge in [0, 0.05) is 6.42 Å². The average molecular weight is 1110 g/mol. The van der Waals surface area contributed by atoms with Crippen molar-refractivity contribution in [1.29, 1.82) is 0 Å². The number of allylic oxidation sites excluding steroid dienone is 3. The molecule has 0 aromatic carbocycles. The Labute approximate surface area is 473 Å². The summed E-state index contributed by atoms with van der Waals surface area (Å²) in [5, 5.41) is 45.1. The van der Waals surface area contributed by atoms with Gasteiger partial charge in [-0.15, -0.1) is 0 Å². The number of hydrogen-bond acceptors (Lipinski definition) is 10. The SMILES string of the molecule is CCCCCCCCCCCCCC/C=C\CCCCCCCCCCCCCCCCCC(=O)NC(COC1OC(CO)C(O)C(OS(=O)(=O)O)C1O)C(O)/C=C/CCCCCCCCCCCCCCCCCCC. The van der Waals surface area contributed by atoms with Crippen LogP contribution in [0.3, 0.4) is 0 Å². The molecule has 7 unspecified atom stereocenters. The Morgan fingerprint density at radius 3 is 1.17 bits per heavy atom. The lowest BCUT2D eigenvalue weighted by Crippen LogP contribution is -2.61. The summed E-state index contributed by atoms with van der Waals surface area (Å²) in [5.74, 6) is -0.256. The molecule has 12 nitrogen and oxygen atoms in total. The molecule has 1 heterocycles. The second kappa shape index (κ2) is 53.9. The van der Waals surface area contributed by atoms with Crippen LogP contribution < -0.4 is 5.32 Å². The lowest BCUT2D eigenvalue weighted by atomic mass is 9.99. The van der Waals surface area contributed by atoms with Crippen molar-refractivity contribution in [3.8, 4) is 0 Å². The van der Waals surface area contributed by atoms with Crippen LogP contribution >= 0.6 is 0 Å². The zero-order valence-corrected chi connectivity index (χ0v) is 50.6. The Hall–Kier alpha value is -1.42. The molecule has 0 aromatic heterocycles. The van der Waals surface area contributed by atoms with E-state index in [0.29, 0.717) is 6.42 Å². The van der Waals surface area contributed by atoms with Crippen LogP contribution in [0.25, 0.3) is 0 Å². The van der Waals surface area contributed by atoms with Gasteiger partial charge in [0.1, 0.15) is 24.4 Å². The van der Waals surface area contributed by atoms with E-state index in [1.165, 1.54) is 257 Å². The fourth-order valence-corrected chi connectivity index (χ4v) is 11.2. The zero-order chi connectivity index (χ0) is 56.1. The molecule has 456 valence electrons. The Morgan fingerprint density at radius 1 is 0.506 bits per heavy atom. The Morgan fingerprint density at radius 2 is 0.831 bits per heavy atom. The Kier molecular flexibility index (Phi) is 51.5. The number of carbonyl (C=O) groups is 1. The van der Waals surface area contributed by atoms with E-state index >= 15 is 0 Å². The van der Waals surface area contributed by atoms with Gasteiger partial charge in [-0.25, -0.2) is 4.18 Å². The smallest absolute Gasteiger partial charge is 0.394 e. The molecule has 0 bridgehead atoms. The fourth-order valence-electron chi connectivity index (χ4n) is 10.7. The largest absolute Gasteiger partial charge is 0.397 e. The van der Waals surface area contributed by atoms with Gasteiger partial charge in [-0.3, -0.25) is 9.35 Å². The van der Waals surface area contributed by atoms with Crippen LogP contribution in [0.1, 0.15) is 322 Å². The standard InChI is InChI=1S/C64H123NO11S/c1-3-5-7-9-11-13-15-17-19-21-23-24-25-26-27-28-29-30-31-32-33-34-36-38-40-42-44-46-48-50-52-54-60(68)65-57(56-74-64-62(70)63(76-77(71,72)73)61(69)59(55-66)75-64)58(67)53-51-49-47-45-43-41-39-37-35-22-20-18-16-14-12-10-8-6-4-2/h26-27,51,53,57-59,61-64,66-67,69-70H,3-25,28-50,52,54-56H2,1-2H3,(H,65,68)(H,71,72,73)/b27-26-,53-51+. The predicted molar refractivity (Wildman–Crippen MR) is 319 cm³/mol. The molecule has 1 saturated heterocycles. The van der Waals surface area contributed by atoms with E-state index in [9.17, 15) is 38.2 Å². The fraction of sp³-hybridized carbons (Fsp3) is 0.922. The van der Waals surface area contributed by atoms with E-state index in [1.807, 2.05) is 6.08 Å². The van der Waals surface area contributed by atoms with E-state index < -0.39 is 59.9 Å². The average Bonchev–Trinajstić information content (AvgIpc) is 3.41. The summed E-state index contributed by atoms with van der Waals surface area (Å²) >= 11 is 0. The van der Waals surface area contributed by atoms with Gasteiger partial charge in [0.15, 0.2) is 6.29 Å². The van der Waals surface area contributed by atoms with Crippen LogP contribution in [-0.2, 0) is 28.9 Å². The molecular weight excluding hydrogens is 991 g/mol. The van der Waals surface area contributed by atoms with Crippen LogP contribution in [0.4, 0.5) is 0 Å². The van der Waals surface area contributed by atoms with Crippen molar-refractivity contribution in [3.05, 3.63) is 24.3 Å². The number of aliphatic hydroxyl groups is 4. The van der Waals surface area contributed by atoms with Gasteiger partial charge in [0.25, 0.3) is 0 Å². The third-order valence-corrected chi connectivity index (χ3v) is 16.2. The second-order valence-corrected chi connectivity index (χ2v) is 24.1.